The van der Waals surface area contributed by atoms with Gasteiger partial charge in [-0.2, -0.15) is 0 Å². The second-order valence-electron chi connectivity index (χ2n) is 7.01. The molecule has 1 atom stereocenters. The van der Waals surface area contributed by atoms with Crippen LogP contribution in [0.15, 0.2) is 24.4 Å². The van der Waals surface area contributed by atoms with Crippen LogP contribution in [0.4, 0.5) is 5.95 Å². The number of aryl methyl sites for hydroxylation is 2. The number of ether oxygens (including phenoxy) is 2. The first-order valence-electron chi connectivity index (χ1n) is 9.10. The van der Waals surface area contributed by atoms with Gasteiger partial charge in [0, 0.05) is 42.8 Å². The maximum absolute atomic E-state index is 6.09. The lowest BCUT2D eigenvalue weighted by atomic mass is 10.0. The van der Waals surface area contributed by atoms with E-state index in [1.165, 1.54) is 0 Å². The summed E-state index contributed by atoms with van der Waals surface area (Å²) in [5, 5.41) is 3.40. The molecule has 2 aromatic rings. The van der Waals surface area contributed by atoms with Crippen LogP contribution in [-0.2, 0) is 9.47 Å². The van der Waals surface area contributed by atoms with Crippen LogP contribution in [0, 0.1) is 13.8 Å². The third-order valence-electron chi connectivity index (χ3n) is 4.91. The molecular weight excluding hydrogens is 401 g/mol. The molecule has 1 unspecified atom stereocenters. The Morgan fingerprint density at radius 2 is 1.96 bits per heavy atom. The van der Waals surface area contributed by atoms with Gasteiger partial charge in [0.05, 0.1) is 32.1 Å². The quantitative estimate of drug-likeness (QED) is 0.786. The zero-order valence-electron chi connectivity index (χ0n) is 16.2. The molecule has 0 radical (unpaired) electrons. The second-order valence-corrected chi connectivity index (χ2v) is 7.01. The van der Waals surface area contributed by atoms with Gasteiger partial charge in [0.15, 0.2) is 0 Å². The average Bonchev–Trinajstić information content (AvgIpc) is 2.87. The summed E-state index contributed by atoms with van der Waals surface area (Å²) in [6.45, 7) is 9.10. The predicted octanol–water partition coefficient (Wildman–Crippen LogP) is 2.19. The number of hydrogen-bond donors (Lipinski definition) is 1. The van der Waals surface area contributed by atoms with Crippen LogP contribution >= 0.6 is 24.8 Å². The lowest BCUT2D eigenvalue weighted by molar-refractivity contribution is -0.0915. The molecule has 4 rings (SSSR count). The zero-order chi connectivity index (χ0) is 18.0. The van der Waals surface area contributed by atoms with E-state index in [2.05, 4.69) is 26.3 Å². The summed E-state index contributed by atoms with van der Waals surface area (Å²) in [4.78, 5) is 16.1. The summed E-state index contributed by atoms with van der Waals surface area (Å²) < 4.78 is 11.8. The third-order valence-corrected chi connectivity index (χ3v) is 4.91. The van der Waals surface area contributed by atoms with Crippen molar-refractivity contribution in [3.63, 3.8) is 0 Å². The minimum Gasteiger partial charge on any atom is -0.377 e. The highest BCUT2D eigenvalue weighted by Crippen LogP contribution is 2.25. The van der Waals surface area contributed by atoms with E-state index in [4.69, 9.17) is 14.5 Å². The number of rotatable bonds is 2. The van der Waals surface area contributed by atoms with E-state index in [-0.39, 0.29) is 30.4 Å². The first-order valence-corrected chi connectivity index (χ1v) is 9.10. The molecule has 28 heavy (non-hydrogen) atoms. The van der Waals surface area contributed by atoms with Crippen molar-refractivity contribution in [2.75, 3.05) is 50.9 Å². The summed E-state index contributed by atoms with van der Waals surface area (Å²) in [7, 11) is 0. The van der Waals surface area contributed by atoms with Gasteiger partial charge in [-0.15, -0.1) is 24.8 Å². The Labute approximate surface area is 178 Å². The molecule has 2 aliphatic heterocycles. The maximum atomic E-state index is 6.09. The molecule has 9 heteroatoms. The van der Waals surface area contributed by atoms with Gasteiger partial charge in [-0.3, -0.25) is 4.98 Å². The van der Waals surface area contributed by atoms with Gasteiger partial charge in [-0.05, 0) is 32.0 Å². The molecule has 0 aliphatic carbocycles. The standard InChI is InChI=1S/C19H25N5O2.2ClH/c1-14-3-4-16(15(2)22-14)17-5-6-21-18(23-17)24-8-10-26-19(12-24)11-20-7-9-25-13-19;;/h3-6,20H,7-13H2,1-2H3;2*1H. The first kappa shape index (κ1) is 22.8. The van der Waals surface area contributed by atoms with Gasteiger partial charge in [0.25, 0.3) is 0 Å². The third kappa shape index (κ3) is 4.90. The van der Waals surface area contributed by atoms with E-state index in [9.17, 15) is 0 Å². The van der Waals surface area contributed by atoms with E-state index < -0.39 is 0 Å². The number of hydrogen-bond acceptors (Lipinski definition) is 7. The molecule has 2 saturated heterocycles. The molecule has 0 bridgehead atoms. The van der Waals surface area contributed by atoms with E-state index in [1.807, 2.05) is 32.2 Å². The van der Waals surface area contributed by atoms with Crippen molar-refractivity contribution in [2.45, 2.75) is 19.4 Å². The summed E-state index contributed by atoms with van der Waals surface area (Å²) in [5.74, 6) is 0.731. The minimum absolute atomic E-state index is 0. The molecule has 0 saturated carbocycles. The minimum atomic E-state index is -0.338. The molecule has 2 fully saturated rings. The van der Waals surface area contributed by atoms with E-state index in [1.54, 1.807) is 0 Å². The van der Waals surface area contributed by atoms with Gasteiger partial charge in [0.1, 0.15) is 5.60 Å². The maximum Gasteiger partial charge on any atom is 0.226 e. The Morgan fingerprint density at radius 3 is 2.79 bits per heavy atom. The van der Waals surface area contributed by atoms with Crippen LogP contribution in [0.3, 0.4) is 0 Å². The number of nitrogens with one attached hydrogen (secondary N) is 1. The summed E-state index contributed by atoms with van der Waals surface area (Å²) in [5.41, 5.74) is 3.60. The van der Waals surface area contributed by atoms with Crippen LogP contribution in [-0.4, -0.2) is 66.6 Å². The lowest BCUT2D eigenvalue weighted by Crippen LogP contribution is -2.58. The van der Waals surface area contributed by atoms with E-state index >= 15 is 0 Å². The Hall–Kier alpha value is -1.51. The SMILES string of the molecule is Cc1ccc(-c2ccnc(N3CCOC4(CNCCOC4)C3)n2)c(C)n1.Cl.Cl. The predicted molar refractivity (Wildman–Crippen MR) is 114 cm³/mol. The van der Waals surface area contributed by atoms with Gasteiger partial charge >= 0.3 is 0 Å². The molecular formula is C19H27Cl2N5O2. The summed E-state index contributed by atoms with van der Waals surface area (Å²) >= 11 is 0. The zero-order valence-corrected chi connectivity index (χ0v) is 17.8. The highest BCUT2D eigenvalue weighted by molar-refractivity contribution is 5.85. The Balaban J connectivity index is 0.00000140. The number of nitrogens with zero attached hydrogens (tertiary/aromatic N) is 4. The van der Waals surface area contributed by atoms with Crippen LogP contribution in [0.1, 0.15) is 11.4 Å². The summed E-state index contributed by atoms with van der Waals surface area (Å²) in [6.07, 6.45) is 1.82. The smallest absolute Gasteiger partial charge is 0.226 e. The molecule has 7 nitrogen and oxygen atoms in total. The molecule has 1 N–H and O–H groups in total. The molecule has 2 aliphatic rings. The van der Waals surface area contributed by atoms with Crippen molar-refractivity contribution in [3.05, 3.63) is 35.8 Å². The van der Waals surface area contributed by atoms with Crippen LogP contribution < -0.4 is 10.2 Å². The largest absolute Gasteiger partial charge is 0.377 e. The van der Waals surface area contributed by atoms with Crippen LogP contribution in [0.25, 0.3) is 11.3 Å². The molecule has 0 amide bonds. The number of anilines is 1. The number of pyridine rings is 1. The molecule has 154 valence electrons. The van der Waals surface area contributed by atoms with E-state index in [0.717, 1.165) is 54.8 Å². The number of halogens is 2. The normalized spacial score (nSPS) is 22.1. The van der Waals surface area contributed by atoms with Gasteiger partial charge in [-0.25, -0.2) is 9.97 Å². The van der Waals surface area contributed by atoms with E-state index in [0.29, 0.717) is 19.8 Å². The fourth-order valence-electron chi connectivity index (χ4n) is 3.59. The van der Waals surface area contributed by atoms with Crippen molar-refractivity contribution in [1.29, 1.82) is 0 Å². The Bertz CT molecular complexity index is 785. The Kier molecular flexibility index (Phi) is 7.97. The molecule has 2 aromatic heterocycles. The molecule has 4 heterocycles. The van der Waals surface area contributed by atoms with Gasteiger partial charge in [-0.1, -0.05) is 0 Å². The Morgan fingerprint density at radius 1 is 1.11 bits per heavy atom. The highest BCUT2D eigenvalue weighted by atomic mass is 35.5. The van der Waals surface area contributed by atoms with Gasteiger partial charge < -0.3 is 19.7 Å². The highest BCUT2D eigenvalue weighted by Gasteiger charge is 2.38. The van der Waals surface area contributed by atoms with Crippen molar-refractivity contribution in [2.24, 2.45) is 0 Å². The topological polar surface area (TPSA) is 72.4 Å². The number of morpholine rings is 1. The van der Waals surface area contributed by atoms with Gasteiger partial charge in [0.2, 0.25) is 5.95 Å². The lowest BCUT2D eigenvalue weighted by Gasteiger charge is -2.41. The fraction of sp³-hybridized carbons (Fsp3) is 0.526. The first-order chi connectivity index (χ1) is 12.7. The average molecular weight is 428 g/mol. The van der Waals surface area contributed by atoms with Crippen LogP contribution in [0.5, 0.6) is 0 Å². The second kappa shape index (κ2) is 9.80. The number of aromatic nitrogens is 3. The van der Waals surface area contributed by atoms with Crippen molar-refractivity contribution in [3.8, 4) is 11.3 Å². The van der Waals surface area contributed by atoms with Crippen molar-refractivity contribution < 1.29 is 9.47 Å². The van der Waals surface area contributed by atoms with Crippen molar-refractivity contribution in [1.82, 2.24) is 20.3 Å². The molecule has 1 spiro atoms. The monoisotopic (exact) mass is 427 g/mol. The fourth-order valence-corrected chi connectivity index (χ4v) is 3.59. The van der Waals surface area contributed by atoms with Crippen molar-refractivity contribution >= 4 is 30.8 Å². The summed E-state index contributed by atoms with van der Waals surface area (Å²) in [6, 6.07) is 6.03. The molecule has 0 aromatic carbocycles. The van der Waals surface area contributed by atoms with Crippen LogP contribution in [0.2, 0.25) is 0 Å².